The largest absolute Gasteiger partial charge is 0.369 e. The number of carbonyl (C=O) groups is 2. The molecule has 35 heavy (non-hydrogen) atoms. The lowest BCUT2D eigenvalue weighted by molar-refractivity contribution is 0.0945. The van der Waals surface area contributed by atoms with Gasteiger partial charge in [-0.05, 0) is 67.9 Å². The van der Waals surface area contributed by atoms with E-state index in [-0.39, 0.29) is 17.8 Å². The van der Waals surface area contributed by atoms with Crippen LogP contribution in [0.25, 0.3) is 0 Å². The number of hydrogen-bond donors (Lipinski definition) is 8. The first kappa shape index (κ1) is 27.7. The van der Waals surface area contributed by atoms with Crippen molar-refractivity contribution in [2.75, 3.05) is 39.3 Å². The molecular formula is C24H37N9O2. The van der Waals surface area contributed by atoms with E-state index in [1.807, 2.05) is 12.1 Å². The van der Waals surface area contributed by atoms with Gasteiger partial charge in [0.2, 0.25) is 5.96 Å². The molecule has 190 valence electrons. The number of hydrazine groups is 1. The molecule has 0 aliphatic heterocycles. The fourth-order valence-electron chi connectivity index (χ4n) is 3.11. The van der Waals surface area contributed by atoms with Crippen LogP contribution in [0.1, 0.15) is 39.1 Å². The van der Waals surface area contributed by atoms with Gasteiger partial charge >= 0.3 is 0 Å². The maximum absolute atomic E-state index is 12.2. The molecule has 11 N–H and O–H groups in total. The van der Waals surface area contributed by atoms with Crippen LogP contribution in [0.2, 0.25) is 0 Å². The van der Waals surface area contributed by atoms with Gasteiger partial charge in [0.25, 0.3) is 11.8 Å². The topological polar surface area (TPSA) is 185 Å². The fourth-order valence-corrected chi connectivity index (χ4v) is 3.11. The van der Waals surface area contributed by atoms with Crippen LogP contribution in [0, 0.1) is 0 Å². The highest BCUT2D eigenvalue weighted by molar-refractivity contribution is 5.95. The Hall–Kier alpha value is -3.51. The quantitative estimate of drug-likeness (QED) is 0.0556. The van der Waals surface area contributed by atoms with Gasteiger partial charge in [0.05, 0.1) is 5.69 Å². The molecule has 0 bridgehead atoms. The van der Waals surface area contributed by atoms with E-state index >= 15 is 0 Å². The normalized spacial score (nSPS) is 11.2. The summed E-state index contributed by atoms with van der Waals surface area (Å²) < 4.78 is 0. The third kappa shape index (κ3) is 11.0. The van der Waals surface area contributed by atoms with Gasteiger partial charge in [0, 0.05) is 43.9 Å². The molecule has 2 rings (SSSR count). The van der Waals surface area contributed by atoms with E-state index in [2.05, 4.69) is 31.7 Å². The number of nitrogens with zero attached hydrogens (tertiary/aromatic N) is 1. The highest BCUT2D eigenvalue weighted by Gasteiger charge is 2.05. The van der Waals surface area contributed by atoms with Gasteiger partial charge in [-0.25, -0.2) is 10.8 Å². The van der Waals surface area contributed by atoms with Crippen LogP contribution >= 0.6 is 0 Å². The Bertz CT molecular complexity index is 931. The molecule has 0 aliphatic rings. The molecule has 0 aromatic heterocycles. The molecule has 0 spiro atoms. The Labute approximate surface area is 206 Å². The van der Waals surface area contributed by atoms with E-state index in [4.69, 9.17) is 17.3 Å². The third-order valence-corrected chi connectivity index (χ3v) is 5.09. The van der Waals surface area contributed by atoms with Crippen molar-refractivity contribution < 1.29 is 9.59 Å². The second kappa shape index (κ2) is 16.2. The van der Waals surface area contributed by atoms with Crippen molar-refractivity contribution in [3.05, 3.63) is 65.2 Å². The summed E-state index contributed by atoms with van der Waals surface area (Å²) in [6, 6.07) is 14.1. The number of nitrogens with one attached hydrogen (secondary N) is 5. The first-order valence-corrected chi connectivity index (χ1v) is 11.7. The number of hydrogen-bond acceptors (Lipinski definition) is 7. The Balaban J connectivity index is 1.44. The third-order valence-electron chi connectivity index (χ3n) is 5.09. The zero-order valence-corrected chi connectivity index (χ0v) is 20.0. The second-order valence-electron chi connectivity index (χ2n) is 7.81. The van der Waals surface area contributed by atoms with E-state index in [0.717, 1.165) is 44.6 Å². The first-order valence-electron chi connectivity index (χ1n) is 11.7. The highest BCUT2D eigenvalue weighted by atomic mass is 16.2. The molecule has 0 atom stereocenters. The zero-order valence-electron chi connectivity index (χ0n) is 20.0. The van der Waals surface area contributed by atoms with E-state index < -0.39 is 0 Å². The Kier molecular flexibility index (Phi) is 12.8. The summed E-state index contributed by atoms with van der Waals surface area (Å²) in [5, 5.41) is 12.5. The minimum Gasteiger partial charge on any atom is -0.369 e. The van der Waals surface area contributed by atoms with Gasteiger partial charge in [-0.1, -0.05) is 12.1 Å². The van der Waals surface area contributed by atoms with Crippen LogP contribution in [0.3, 0.4) is 0 Å². The fraction of sp³-hybridized carbons (Fsp3) is 0.375. The summed E-state index contributed by atoms with van der Waals surface area (Å²) in [6.07, 6.45) is 1.67. The molecule has 0 fully saturated rings. The van der Waals surface area contributed by atoms with Crippen molar-refractivity contribution in [3.63, 3.8) is 0 Å². The summed E-state index contributed by atoms with van der Waals surface area (Å²) in [6.45, 7) is 4.96. The van der Waals surface area contributed by atoms with E-state index in [1.165, 1.54) is 0 Å². The summed E-state index contributed by atoms with van der Waals surface area (Å²) >= 11 is 0. The highest BCUT2D eigenvalue weighted by Crippen LogP contribution is 2.12. The Morgan fingerprint density at radius 2 is 1.20 bits per heavy atom. The Morgan fingerprint density at radius 1 is 0.714 bits per heavy atom. The number of rotatable bonds is 15. The SMILES string of the molecule is NCc1ccc(C(=O)NCCCNCCNCCCNC(=O)c2ccc(N=C(N)NN)cc2)cc1. The molecule has 11 heteroatoms. The van der Waals surface area contributed by atoms with Crippen LogP contribution < -0.4 is 44.0 Å². The first-order chi connectivity index (χ1) is 17.0. The van der Waals surface area contributed by atoms with Crippen molar-refractivity contribution in [2.24, 2.45) is 22.3 Å². The molecule has 11 nitrogen and oxygen atoms in total. The number of benzene rings is 2. The monoisotopic (exact) mass is 483 g/mol. The van der Waals surface area contributed by atoms with Gasteiger partial charge in [0.1, 0.15) is 0 Å². The van der Waals surface area contributed by atoms with Crippen LogP contribution in [0.4, 0.5) is 5.69 Å². The number of carbonyl (C=O) groups excluding carboxylic acids is 2. The number of aliphatic imine (C=N–C) groups is 1. The van der Waals surface area contributed by atoms with Crippen molar-refractivity contribution >= 4 is 23.5 Å². The molecule has 2 amide bonds. The van der Waals surface area contributed by atoms with E-state index in [9.17, 15) is 9.59 Å². The Morgan fingerprint density at radius 3 is 1.66 bits per heavy atom. The molecule has 0 saturated carbocycles. The predicted octanol–water partition coefficient (Wildman–Crippen LogP) is -0.326. The average Bonchev–Trinajstić information content (AvgIpc) is 2.89. The lowest BCUT2D eigenvalue weighted by atomic mass is 10.1. The molecule has 0 radical (unpaired) electrons. The van der Waals surface area contributed by atoms with E-state index in [0.29, 0.717) is 36.4 Å². The van der Waals surface area contributed by atoms with Crippen molar-refractivity contribution in [2.45, 2.75) is 19.4 Å². The smallest absolute Gasteiger partial charge is 0.251 e. The second-order valence-corrected chi connectivity index (χ2v) is 7.81. The number of nitrogens with two attached hydrogens (primary N) is 3. The van der Waals surface area contributed by atoms with Crippen molar-refractivity contribution in [3.8, 4) is 0 Å². The number of guanidine groups is 1. The van der Waals surface area contributed by atoms with Crippen LogP contribution in [-0.2, 0) is 6.54 Å². The molecule has 0 saturated heterocycles. The standard InChI is InChI=1S/C24H37N9O2/c25-17-18-3-5-19(6-4-18)22(34)30-13-1-11-28-15-16-29-12-2-14-31-23(35)20-7-9-21(10-8-20)32-24(26)33-27/h3-10,28-29H,1-2,11-17,25,27H2,(H,30,34)(H,31,35)(H3,26,32,33). The molecule has 0 unspecified atom stereocenters. The minimum atomic E-state index is -0.133. The molecule has 2 aromatic rings. The summed E-state index contributed by atoms with van der Waals surface area (Å²) in [5.74, 6) is 5.06. The van der Waals surface area contributed by atoms with E-state index in [1.54, 1.807) is 36.4 Å². The molecule has 0 aliphatic carbocycles. The summed E-state index contributed by atoms with van der Waals surface area (Å²) in [5.41, 5.74) is 16.1. The summed E-state index contributed by atoms with van der Waals surface area (Å²) in [4.78, 5) is 28.3. The van der Waals surface area contributed by atoms with Gasteiger partial charge in [-0.3, -0.25) is 15.0 Å². The number of amides is 2. The molecule has 0 heterocycles. The van der Waals surface area contributed by atoms with Crippen molar-refractivity contribution in [1.82, 2.24) is 26.7 Å². The minimum absolute atomic E-state index is 0.0706. The summed E-state index contributed by atoms with van der Waals surface area (Å²) in [7, 11) is 0. The van der Waals surface area contributed by atoms with Crippen LogP contribution in [0.15, 0.2) is 53.5 Å². The maximum atomic E-state index is 12.2. The lowest BCUT2D eigenvalue weighted by Crippen LogP contribution is -2.36. The van der Waals surface area contributed by atoms with Gasteiger partial charge in [-0.2, -0.15) is 0 Å². The average molecular weight is 484 g/mol. The van der Waals surface area contributed by atoms with Crippen molar-refractivity contribution in [1.29, 1.82) is 0 Å². The maximum Gasteiger partial charge on any atom is 0.251 e. The van der Waals surface area contributed by atoms with Gasteiger partial charge in [0.15, 0.2) is 0 Å². The predicted molar refractivity (Wildman–Crippen MR) is 139 cm³/mol. The van der Waals surface area contributed by atoms with Gasteiger partial charge < -0.3 is 32.7 Å². The lowest BCUT2D eigenvalue weighted by Gasteiger charge is -2.09. The van der Waals surface area contributed by atoms with Crippen LogP contribution in [-0.4, -0.2) is 57.0 Å². The van der Waals surface area contributed by atoms with Crippen LogP contribution in [0.5, 0.6) is 0 Å². The molecule has 2 aromatic carbocycles. The zero-order chi connectivity index (χ0) is 25.3. The molecular weight excluding hydrogens is 446 g/mol. The van der Waals surface area contributed by atoms with Gasteiger partial charge in [-0.15, -0.1) is 0 Å².